The summed E-state index contributed by atoms with van der Waals surface area (Å²) in [5.41, 5.74) is 8.57. The topological polar surface area (TPSA) is 59.6 Å². The molecule has 0 spiro atoms. The highest BCUT2D eigenvalue weighted by molar-refractivity contribution is 6.01. The maximum absolute atomic E-state index is 5.95. The molecule has 0 amide bonds. The lowest BCUT2D eigenvalue weighted by Gasteiger charge is -2.17. The van der Waals surface area contributed by atoms with Gasteiger partial charge < -0.3 is 15.8 Å². The summed E-state index contributed by atoms with van der Waals surface area (Å²) in [6.07, 6.45) is 1.08. The van der Waals surface area contributed by atoms with E-state index < -0.39 is 0 Å². The fraction of sp³-hybridized carbons (Fsp3) is 0.235. The van der Waals surface area contributed by atoms with Crippen LogP contribution in [0.3, 0.4) is 0 Å². The molecule has 0 bridgehead atoms. The van der Waals surface area contributed by atoms with E-state index in [0.717, 1.165) is 47.9 Å². The van der Waals surface area contributed by atoms with E-state index in [1.807, 2.05) is 48.5 Å². The smallest absolute Gasteiger partial charge is 0.132 e. The summed E-state index contributed by atoms with van der Waals surface area (Å²) in [4.78, 5) is 4.54. The lowest BCUT2D eigenvalue weighted by atomic mass is 10.1. The zero-order chi connectivity index (χ0) is 14.5. The number of hydrogen-bond acceptors (Lipinski definition) is 4. The molecule has 0 aromatic heterocycles. The number of benzene rings is 2. The van der Waals surface area contributed by atoms with Crippen LogP contribution >= 0.6 is 0 Å². The quantitative estimate of drug-likeness (QED) is 0.847. The van der Waals surface area contributed by atoms with E-state index in [-0.39, 0.29) is 0 Å². The number of ether oxygens (including phenoxy) is 1. The molecule has 0 saturated carbocycles. The molecule has 4 heteroatoms. The second kappa shape index (κ2) is 6.31. The molecule has 0 aliphatic carbocycles. The molecular formula is C17H19N3O. The predicted octanol–water partition coefficient (Wildman–Crippen LogP) is 2.59. The van der Waals surface area contributed by atoms with Gasteiger partial charge in [0, 0.05) is 18.8 Å². The molecule has 0 radical (unpaired) electrons. The van der Waals surface area contributed by atoms with Crippen molar-refractivity contribution in [1.29, 1.82) is 0 Å². The van der Waals surface area contributed by atoms with Crippen LogP contribution in [0.15, 0.2) is 53.5 Å². The van der Waals surface area contributed by atoms with Crippen LogP contribution < -0.4 is 15.8 Å². The zero-order valence-electron chi connectivity index (χ0n) is 11.9. The number of nitrogens with two attached hydrogens (primary N) is 1. The molecule has 1 aliphatic rings. The van der Waals surface area contributed by atoms with E-state index >= 15 is 0 Å². The van der Waals surface area contributed by atoms with Crippen molar-refractivity contribution in [2.75, 3.05) is 18.8 Å². The van der Waals surface area contributed by atoms with Crippen LogP contribution in [0.5, 0.6) is 5.75 Å². The Hall–Kier alpha value is -2.49. The largest absolute Gasteiger partial charge is 0.488 e. The summed E-state index contributed by atoms with van der Waals surface area (Å²) in [6.45, 7) is 2.35. The molecule has 0 fully saturated rings. The minimum Gasteiger partial charge on any atom is -0.488 e. The fourth-order valence-electron chi connectivity index (χ4n) is 2.28. The third kappa shape index (κ3) is 3.34. The van der Waals surface area contributed by atoms with Crippen molar-refractivity contribution in [3.8, 4) is 5.75 Å². The molecule has 3 rings (SSSR count). The van der Waals surface area contributed by atoms with Crippen molar-refractivity contribution >= 4 is 11.5 Å². The highest BCUT2D eigenvalue weighted by Crippen LogP contribution is 2.20. The molecule has 3 N–H and O–H groups in total. The summed E-state index contributed by atoms with van der Waals surface area (Å²) in [5, 5.41) is 3.33. The van der Waals surface area contributed by atoms with Crippen molar-refractivity contribution in [1.82, 2.24) is 5.32 Å². The van der Waals surface area contributed by atoms with Crippen molar-refractivity contribution in [2.24, 2.45) is 4.99 Å². The standard InChI is InChI=1S/C17H19N3O/c18-14-8-6-13(7-9-14)12-21-16-5-2-1-4-15(16)17-19-10-3-11-20-17/h1-2,4-9H,3,10-12,18H2,(H,19,20). The second-order valence-electron chi connectivity index (χ2n) is 5.04. The lowest BCUT2D eigenvalue weighted by molar-refractivity contribution is 0.305. The summed E-state index contributed by atoms with van der Waals surface area (Å²) in [7, 11) is 0. The summed E-state index contributed by atoms with van der Waals surface area (Å²) in [5.74, 6) is 1.77. The molecule has 108 valence electrons. The summed E-state index contributed by atoms with van der Waals surface area (Å²) < 4.78 is 5.95. The van der Waals surface area contributed by atoms with Gasteiger partial charge >= 0.3 is 0 Å². The number of para-hydroxylation sites is 1. The van der Waals surface area contributed by atoms with Gasteiger partial charge in [-0.2, -0.15) is 0 Å². The molecule has 4 nitrogen and oxygen atoms in total. The molecule has 0 saturated heterocycles. The summed E-state index contributed by atoms with van der Waals surface area (Å²) >= 11 is 0. The first-order chi connectivity index (χ1) is 10.3. The zero-order valence-corrected chi connectivity index (χ0v) is 11.9. The van der Waals surface area contributed by atoms with E-state index in [0.29, 0.717) is 6.61 Å². The number of amidine groups is 1. The van der Waals surface area contributed by atoms with Crippen LogP contribution in [0.25, 0.3) is 0 Å². The van der Waals surface area contributed by atoms with Crippen molar-refractivity contribution in [2.45, 2.75) is 13.0 Å². The third-order valence-electron chi connectivity index (χ3n) is 3.41. The SMILES string of the molecule is Nc1ccc(COc2ccccc2C2=NCCCN2)cc1. The van der Waals surface area contributed by atoms with Gasteiger partial charge in [-0.25, -0.2) is 0 Å². The molecule has 2 aromatic carbocycles. The van der Waals surface area contributed by atoms with E-state index in [1.165, 1.54) is 0 Å². The number of nitrogen functional groups attached to an aromatic ring is 1. The maximum atomic E-state index is 5.95. The van der Waals surface area contributed by atoms with Gasteiger partial charge in [-0.3, -0.25) is 4.99 Å². The third-order valence-corrected chi connectivity index (χ3v) is 3.41. The van der Waals surface area contributed by atoms with E-state index in [4.69, 9.17) is 10.5 Å². The van der Waals surface area contributed by atoms with Gasteiger partial charge in [-0.05, 0) is 36.2 Å². The first-order valence-corrected chi connectivity index (χ1v) is 7.18. The number of aliphatic imine (C=N–C) groups is 1. The average Bonchev–Trinajstić information content (AvgIpc) is 2.55. The van der Waals surface area contributed by atoms with Gasteiger partial charge in [0.1, 0.15) is 18.2 Å². The van der Waals surface area contributed by atoms with Gasteiger partial charge in [0.05, 0.1) is 5.56 Å². The van der Waals surface area contributed by atoms with Crippen LogP contribution in [0, 0.1) is 0 Å². The van der Waals surface area contributed by atoms with E-state index in [9.17, 15) is 0 Å². The Morgan fingerprint density at radius 1 is 1.10 bits per heavy atom. The highest BCUT2D eigenvalue weighted by atomic mass is 16.5. The normalized spacial score (nSPS) is 14.2. The highest BCUT2D eigenvalue weighted by Gasteiger charge is 2.12. The van der Waals surface area contributed by atoms with Crippen molar-refractivity contribution in [3.63, 3.8) is 0 Å². The van der Waals surface area contributed by atoms with Gasteiger partial charge in [-0.1, -0.05) is 24.3 Å². The Bertz CT molecular complexity index is 635. The van der Waals surface area contributed by atoms with Crippen molar-refractivity contribution in [3.05, 3.63) is 59.7 Å². The molecular weight excluding hydrogens is 262 g/mol. The number of nitrogens with one attached hydrogen (secondary N) is 1. The van der Waals surface area contributed by atoms with Crippen LogP contribution in [-0.4, -0.2) is 18.9 Å². The van der Waals surface area contributed by atoms with Gasteiger partial charge in [-0.15, -0.1) is 0 Å². The number of hydrogen-bond donors (Lipinski definition) is 2. The van der Waals surface area contributed by atoms with Crippen LogP contribution in [-0.2, 0) is 6.61 Å². The molecule has 1 aliphatic heterocycles. The monoisotopic (exact) mass is 281 g/mol. The van der Waals surface area contributed by atoms with Crippen LogP contribution in [0.2, 0.25) is 0 Å². The fourth-order valence-corrected chi connectivity index (χ4v) is 2.28. The Balaban J connectivity index is 1.76. The Kier molecular flexibility index (Phi) is 4.05. The summed E-state index contributed by atoms with van der Waals surface area (Å²) in [6, 6.07) is 15.7. The minimum atomic E-state index is 0.518. The Labute approximate surface area is 124 Å². The molecule has 2 aromatic rings. The molecule has 0 atom stereocenters. The first kappa shape index (κ1) is 13.5. The number of nitrogens with zero attached hydrogens (tertiary/aromatic N) is 1. The van der Waals surface area contributed by atoms with Crippen molar-refractivity contribution < 1.29 is 4.74 Å². The Morgan fingerprint density at radius 3 is 2.67 bits per heavy atom. The second-order valence-corrected chi connectivity index (χ2v) is 5.04. The average molecular weight is 281 g/mol. The van der Waals surface area contributed by atoms with E-state index in [2.05, 4.69) is 10.3 Å². The van der Waals surface area contributed by atoms with Crippen LogP contribution in [0.1, 0.15) is 17.5 Å². The van der Waals surface area contributed by atoms with Gasteiger partial charge in [0.25, 0.3) is 0 Å². The maximum Gasteiger partial charge on any atom is 0.132 e. The number of rotatable bonds is 4. The molecule has 0 unspecified atom stereocenters. The van der Waals surface area contributed by atoms with E-state index in [1.54, 1.807) is 0 Å². The van der Waals surface area contributed by atoms with Gasteiger partial charge in [0.2, 0.25) is 0 Å². The van der Waals surface area contributed by atoms with Crippen LogP contribution in [0.4, 0.5) is 5.69 Å². The molecule has 21 heavy (non-hydrogen) atoms. The van der Waals surface area contributed by atoms with Gasteiger partial charge in [0.15, 0.2) is 0 Å². The minimum absolute atomic E-state index is 0.518. The predicted molar refractivity (Wildman–Crippen MR) is 85.7 cm³/mol. The number of anilines is 1. The lowest BCUT2D eigenvalue weighted by Crippen LogP contribution is -2.30. The first-order valence-electron chi connectivity index (χ1n) is 7.18. The Morgan fingerprint density at radius 2 is 1.90 bits per heavy atom. The molecule has 1 heterocycles.